The molecule has 0 saturated carbocycles. The summed E-state index contributed by atoms with van der Waals surface area (Å²) in [5.41, 5.74) is 4.69. The quantitative estimate of drug-likeness (QED) is 0.232. The molecule has 0 atom stereocenters. The van der Waals surface area contributed by atoms with Gasteiger partial charge in [0.1, 0.15) is 11.4 Å². The fourth-order valence-electron chi connectivity index (χ4n) is 4.73. The summed E-state index contributed by atoms with van der Waals surface area (Å²) >= 11 is 6.39. The molecule has 1 heterocycles. The van der Waals surface area contributed by atoms with Gasteiger partial charge in [-0.2, -0.15) is 0 Å². The second-order valence-electron chi connectivity index (χ2n) is 11.1. The number of hydrogen-bond donors (Lipinski definition) is 0. The summed E-state index contributed by atoms with van der Waals surface area (Å²) in [7, 11) is 3.23. The van der Waals surface area contributed by atoms with Crippen molar-refractivity contribution in [3.63, 3.8) is 0 Å². The van der Waals surface area contributed by atoms with Crippen LogP contribution >= 0.6 is 11.6 Å². The van der Waals surface area contributed by atoms with Crippen LogP contribution in [-0.2, 0) is 16.0 Å². The van der Waals surface area contributed by atoms with E-state index in [1.807, 2.05) is 76.8 Å². The van der Waals surface area contributed by atoms with Gasteiger partial charge in [-0.15, -0.1) is 0 Å². The van der Waals surface area contributed by atoms with Gasteiger partial charge in [0, 0.05) is 12.3 Å². The largest absolute Gasteiger partial charge is 0.495 e. The van der Waals surface area contributed by atoms with Crippen molar-refractivity contribution >= 4 is 23.2 Å². The fourth-order valence-corrected chi connectivity index (χ4v) is 4.99. The van der Waals surface area contributed by atoms with Gasteiger partial charge in [0.25, 0.3) is 5.91 Å². The standard InChI is InChI=1S/C32H43ClN2O5/c1-20(2)40-29-16-22(4)24(18-28(29)38-9)11-10-21(3)30(31(36)35-14-15-39-19-32(35,6)7)34-23(5)25-12-13-27(37-8)26(33)17-25/h12-13,16-18,20H,10-11,14-15,19H2,1-9H3/b30-21+,34-23+. The van der Waals surface area contributed by atoms with Gasteiger partial charge >= 0.3 is 0 Å². The lowest BCUT2D eigenvalue weighted by Crippen LogP contribution is -2.55. The second kappa shape index (κ2) is 13.6. The van der Waals surface area contributed by atoms with Gasteiger partial charge in [0.15, 0.2) is 11.5 Å². The summed E-state index contributed by atoms with van der Waals surface area (Å²) in [6.45, 7) is 15.5. The maximum Gasteiger partial charge on any atom is 0.273 e. The zero-order chi connectivity index (χ0) is 29.6. The Morgan fingerprint density at radius 2 is 1.80 bits per heavy atom. The van der Waals surface area contributed by atoms with E-state index in [-0.39, 0.29) is 12.0 Å². The number of allylic oxidation sites excluding steroid dienone is 1. The molecular weight excluding hydrogens is 528 g/mol. The van der Waals surface area contributed by atoms with Crippen LogP contribution in [0.4, 0.5) is 0 Å². The molecule has 1 fully saturated rings. The van der Waals surface area contributed by atoms with Gasteiger partial charge in [-0.05, 0) is 114 Å². The third kappa shape index (κ3) is 7.58. The number of carbonyl (C=O) groups is 1. The van der Waals surface area contributed by atoms with Crippen molar-refractivity contribution in [3.8, 4) is 17.2 Å². The van der Waals surface area contributed by atoms with Crippen LogP contribution in [0, 0.1) is 6.92 Å². The number of benzene rings is 2. The van der Waals surface area contributed by atoms with Crippen LogP contribution in [0.25, 0.3) is 0 Å². The second-order valence-corrected chi connectivity index (χ2v) is 11.5. The number of rotatable bonds is 10. The Bertz CT molecular complexity index is 1280. The van der Waals surface area contributed by atoms with Crippen LogP contribution in [-0.4, -0.2) is 62.1 Å². The highest BCUT2D eigenvalue weighted by atomic mass is 35.5. The van der Waals surface area contributed by atoms with Crippen LogP contribution < -0.4 is 14.2 Å². The molecule has 218 valence electrons. The molecule has 1 amide bonds. The van der Waals surface area contributed by atoms with Crippen LogP contribution in [0.3, 0.4) is 0 Å². The van der Waals surface area contributed by atoms with E-state index in [0.29, 0.717) is 54.1 Å². The molecule has 1 saturated heterocycles. The van der Waals surface area contributed by atoms with Gasteiger partial charge in [-0.1, -0.05) is 11.6 Å². The Kier molecular flexibility index (Phi) is 10.7. The highest BCUT2D eigenvalue weighted by Gasteiger charge is 2.36. The number of morpholine rings is 1. The fraction of sp³-hybridized carbons (Fsp3) is 0.500. The molecule has 0 aromatic heterocycles. The molecule has 1 aliphatic rings. The first-order valence-corrected chi connectivity index (χ1v) is 14.1. The number of carbonyl (C=O) groups excluding carboxylic acids is 1. The third-order valence-electron chi connectivity index (χ3n) is 7.10. The highest BCUT2D eigenvalue weighted by molar-refractivity contribution is 6.32. The van der Waals surface area contributed by atoms with E-state index in [4.69, 9.17) is 35.5 Å². The third-order valence-corrected chi connectivity index (χ3v) is 7.40. The Labute approximate surface area is 244 Å². The minimum Gasteiger partial charge on any atom is -0.495 e. The lowest BCUT2D eigenvalue weighted by Gasteiger charge is -2.42. The molecule has 3 rings (SSSR count). The molecule has 0 spiro atoms. The predicted octanol–water partition coefficient (Wildman–Crippen LogP) is 6.81. The lowest BCUT2D eigenvalue weighted by atomic mass is 9.97. The maximum absolute atomic E-state index is 14.0. The van der Waals surface area contributed by atoms with Gasteiger partial charge in [0.05, 0.1) is 44.1 Å². The van der Waals surface area contributed by atoms with Crippen LogP contribution in [0.2, 0.25) is 5.02 Å². The van der Waals surface area contributed by atoms with Gasteiger partial charge in [-0.3, -0.25) is 4.79 Å². The highest BCUT2D eigenvalue weighted by Crippen LogP contribution is 2.33. The summed E-state index contributed by atoms with van der Waals surface area (Å²) in [5.74, 6) is 1.93. The predicted molar refractivity (Wildman–Crippen MR) is 161 cm³/mol. The molecule has 2 aromatic carbocycles. The molecular formula is C32H43ClN2O5. The van der Waals surface area contributed by atoms with Crippen molar-refractivity contribution in [2.45, 2.75) is 73.0 Å². The smallest absolute Gasteiger partial charge is 0.273 e. The zero-order valence-electron chi connectivity index (χ0n) is 25.3. The molecule has 1 aliphatic heterocycles. The van der Waals surface area contributed by atoms with Crippen LogP contribution in [0.5, 0.6) is 17.2 Å². The van der Waals surface area contributed by atoms with E-state index in [0.717, 1.165) is 34.4 Å². The summed E-state index contributed by atoms with van der Waals surface area (Å²) in [6, 6.07) is 9.57. The summed E-state index contributed by atoms with van der Waals surface area (Å²) < 4.78 is 22.5. The average Bonchev–Trinajstić information content (AvgIpc) is 2.90. The van der Waals surface area contributed by atoms with E-state index >= 15 is 0 Å². The maximum atomic E-state index is 14.0. The monoisotopic (exact) mass is 570 g/mol. The first kappa shape index (κ1) is 31.5. The minimum atomic E-state index is -0.441. The van der Waals surface area contributed by atoms with E-state index in [2.05, 4.69) is 6.92 Å². The summed E-state index contributed by atoms with van der Waals surface area (Å²) in [4.78, 5) is 20.8. The number of methoxy groups -OCH3 is 2. The van der Waals surface area contributed by atoms with Gasteiger partial charge in [0.2, 0.25) is 0 Å². The van der Waals surface area contributed by atoms with Crippen molar-refractivity contribution in [1.82, 2.24) is 4.90 Å². The SMILES string of the molecule is COc1ccc(/C(C)=N/C(C(=O)N2CCOCC2(C)C)=C(\C)CCc2cc(OC)c(OC(C)C)cc2C)cc1Cl. The zero-order valence-corrected chi connectivity index (χ0v) is 26.1. The van der Waals surface area contributed by atoms with Crippen LogP contribution in [0.15, 0.2) is 46.6 Å². The minimum absolute atomic E-state index is 0.0454. The van der Waals surface area contributed by atoms with Crippen molar-refractivity contribution < 1.29 is 23.7 Å². The average molecular weight is 571 g/mol. The normalized spacial score (nSPS) is 16.1. The Hall–Kier alpha value is -3.03. The molecule has 0 aliphatic carbocycles. The number of halogens is 1. The van der Waals surface area contributed by atoms with E-state index < -0.39 is 5.54 Å². The first-order chi connectivity index (χ1) is 18.9. The lowest BCUT2D eigenvalue weighted by molar-refractivity contribution is -0.142. The van der Waals surface area contributed by atoms with E-state index in [1.165, 1.54) is 0 Å². The molecule has 0 unspecified atom stereocenters. The molecule has 8 heteroatoms. The Morgan fingerprint density at radius 3 is 2.40 bits per heavy atom. The molecule has 0 bridgehead atoms. The van der Waals surface area contributed by atoms with Crippen LogP contribution in [0.1, 0.15) is 64.7 Å². The Balaban J connectivity index is 2.00. The van der Waals surface area contributed by atoms with Gasteiger partial charge in [-0.25, -0.2) is 4.99 Å². The topological polar surface area (TPSA) is 69.6 Å². The number of aryl methyl sites for hydroxylation is 2. The number of aliphatic imine (C=N–C) groups is 1. The first-order valence-electron chi connectivity index (χ1n) is 13.7. The Morgan fingerprint density at radius 1 is 1.10 bits per heavy atom. The number of ether oxygens (including phenoxy) is 4. The van der Waals surface area contributed by atoms with Crippen molar-refractivity contribution in [2.75, 3.05) is 34.0 Å². The molecule has 0 N–H and O–H groups in total. The van der Waals surface area contributed by atoms with Crippen molar-refractivity contribution in [3.05, 3.63) is 63.3 Å². The van der Waals surface area contributed by atoms with Crippen molar-refractivity contribution in [2.24, 2.45) is 4.99 Å². The van der Waals surface area contributed by atoms with Gasteiger partial charge < -0.3 is 23.8 Å². The van der Waals surface area contributed by atoms with E-state index in [9.17, 15) is 4.79 Å². The number of nitrogens with zero attached hydrogens (tertiary/aromatic N) is 2. The molecule has 2 aromatic rings. The molecule has 40 heavy (non-hydrogen) atoms. The molecule has 0 radical (unpaired) electrons. The van der Waals surface area contributed by atoms with Crippen molar-refractivity contribution in [1.29, 1.82) is 0 Å². The number of hydrogen-bond acceptors (Lipinski definition) is 6. The summed E-state index contributed by atoms with van der Waals surface area (Å²) in [5, 5.41) is 0.492. The number of amides is 1. The van der Waals surface area contributed by atoms with E-state index in [1.54, 1.807) is 14.2 Å². The molecule has 7 nitrogen and oxygen atoms in total. The summed E-state index contributed by atoms with van der Waals surface area (Å²) in [6.07, 6.45) is 1.42.